The number of guanidine groups is 1. The van der Waals surface area contributed by atoms with E-state index in [4.69, 9.17) is 22.3 Å². The Hall–Kier alpha value is -3.42. The summed E-state index contributed by atoms with van der Waals surface area (Å²) < 4.78 is 0. The van der Waals surface area contributed by atoms with Crippen molar-refractivity contribution in [1.29, 1.82) is 0 Å². The van der Waals surface area contributed by atoms with Crippen LogP contribution in [0.2, 0.25) is 0 Å². The molecule has 11 N–H and O–H groups in total. The number of amides is 3. The van der Waals surface area contributed by atoms with Crippen molar-refractivity contribution in [3.05, 3.63) is 0 Å². The number of nitrogens with two attached hydrogens (primary N) is 3. The molecule has 4 atom stereocenters. The molecule has 3 amide bonds. The van der Waals surface area contributed by atoms with E-state index in [2.05, 4.69) is 20.9 Å². The predicted molar refractivity (Wildman–Crippen MR) is 128 cm³/mol. The molecule has 0 bridgehead atoms. The summed E-state index contributed by atoms with van der Waals surface area (Å²) in [4.78, 5) is 64.3. The average Bonchev–Trinajstić information content (AvgIpc) is 2.71. The van der Waals surface area contributed by atoms with E-state index in [0.29, 0.717) is 6.42 Å². The van der Waals surface area contributed by atoms with Crippen LogP contribution in [-0.2, 0) is 24.0 Å². The number of rotatable bonds is 16. The van der Waals surface area contributed by atoms with Gasteiger partial charge in [-0.05, 0) is 31.1 Å². The van der Waals surface area contributed by atoms with Crippen molar-refractivity contribution >= 4 is 35.6 Å². The highest BCUT2D eigenvalue weighted by molar-refractivity contribution is 5.94. The lowest BCUT2D eigenvalue weighted by atomic mass is 10.0. The number of nitrogens with zero attached hydrogens (tertiary/aromatic N) is 1. The average molecular weight is 502 g/mol. The van der Waals surface area contributed by atoms with E-state index in [1.54, 1.807) is 13.8 Å². The number of carboxylic acids is 2. The van der Waals surface area contributed by atoms with Crippen molar-refractivity contribution in [3.63, 3.8) is 0 Å². The van der Waals surface area contributed by atoms with Crippen molar-refractivity contribution in [2.45, 2.75) is 77.5 Å². The van der Waals surface area contributed by atoms with Gasteiger partial charge in [0.2, 0.25) is 17.7 Å². The Balaban J connectivity index is 5.58. The fraction of sp³-hybridized carbons (Fsp3) is 0.714. The third-order valence-electron chi connectivity index (χ3n) is 4.88. The molecule has 0 saturated carbocycles. The van der Waals surface area contributed by atoms with Crippen molar-refractivity contribution in [2.75, 3.05) is 6.54 Å². The van der Waals surface area contributed by atoms with Crippen LogP contribution in [0.25, 0.3) is 0 Å². The van der Waals surface area contributed by atoms with E-state index in [0.717, 1.165) is 0 Å². The molecular weight excluding hydrogens is 462 g/mol. The molecular formula is C21H39N7O7. The van der Waals surface area contributed by atoms with Crippen molar-refractivity contribution in [1.82, 2.24) is 16.0 Å². The maximum Gasteiger partial charge on any atom is 0.326 e. The molecule has 0 radical (unpaired) electrons. The summed E-state index contributed by atoms with van der Waals surface area (Å²) in [7, 11) is 0. The third-order valence-corrected chi connectivity index (χ3v) is 4.88. The maximum absolute atomic E-state index is 13.0. The van der Waals surface area contributed by atoms with Crippen molar-refractivity contribution in [3.8, 4) is 0 Å². The Morgan fingerprint density at radius 3 is 1.89 bits per heavy atom. The second kappa shape index (κ2) is 15.5. The number of aliphatic carboxylic acids is 2. The first-order chi connectivity index (χ1) is 16.1. The van der Waals surface area contributed by atoms with E-state index in [1.807, 2.05) is 13.8 Å². The number of hydrogen-bond acceptors (Lipinski definition) is 7. The van der Waals surface area contributed by atoms with Crippen LogP contribution in [0, 0.1) is 11.8 Å². The van der Waals surface area contributed by atoms with Gasteiger partial charge in [-0.1, -0.05) is 27.7 Å². The predicted octanol–water partition coefficient (Wildman–Crippen LogP) is -1.92. The highest BCUT2D eigenvalue weighted by atomic mass is 16.4. The topological polar surface area (TPSA) is 252 Å². The first-order valence-electron chi connectivity index (χ1n) is 11.3. The zero-order valence-electron chi connectivity index (χ0n) is 20.6. The van der Waals surface area contributed by atoms with Gasteiger partial charge in [0.25, 0.3) is 0 Å². The number of hydrogen-bond donors (Lipinski definition) is 8. The molecule has 0 aromatic rings. The van der Waals surface area contributed by atoms with Gasteiger partial charge in [0.1, 0.15) is 18.1 Å². The molecule has 0 fully saturated rings. The summed E-state index contributed by atoms with van der Waals surface area (Å²) in [6.45, 7) is 7.07. The fourth-order valence-electron chi connectivity index (χ4n) is 3.08. The smallest absolute Gasteiger partial charge is 0.326 e. The monoisotopic (exact) mass is 501 g/mol. The number of nitrogens with one attached hydrogen (secondary N) is 3. The number of carboxylic acid groups (broad SMARTS) is 2. The largest absolute Gasteiger partial charge is 0.481 e. The Labute approximate surface area is 204 Å². The molecule has 200 valence electrons. The van der Waals surface area contributed by atoms with Gasteiger partial charge >= 0.3 is 11.9 Å². The molecule has 0 aromatic carbocycles. The zero-order valence-corrected chi connectivity index (χ0v) is 20.6. The van der Waals surface area contributed by atoms with Crippen LogP contribution < -0.4 is 33.2 Å². The molecule has 4 unspecified atom stereocenters. The summed E-state index contributed by atoms with van der Waals surface area (Å²) in [5.41, 5.74) is 16.2. The van der Waals surface area contributed by atoms with Crippen LogP contribution in [0.3, 0.4) is 0 Å². The molecule has 0 spiro atoms. The minimum atomic E-state index is -1.37. The lowest BCUT2D eigenvalue weighted by Gasteiger charge is -2.27. The summed E-state index contributed by atoms with van der Waals surface area (Å²) in [5, 5.41) is 25.6. The van der Waals surface area contributed by atoms with Crippen LogP contribution in [0.1, 0.15) is 53.4 Å². The maximum atomic E-state index is 13.0. The van der Waals surface area contributed by atoms with Crippen LogP contribution in [-0.4, -0.2) is 76.5 Å². The minimum absolute atomic E-state index is 0.0122. The molecule has 0 saturated heterocycles. The van der Waals surface area contributed by atoms with Crippen molar-refractivity contribution < 1.29 is 34.2 Å². The van der Waals surface area contributed by atoms with Gasteiger partial charge < -0.3 is 43.4 Å². The molecule has 0 aliphatic rings. The molecule has 0 aliphatic heterocycles. The summed E-state index contributed by atoms with van der Waals surface area (Å²) in [6.07, 6.45) is -0.0670. The quantitative estimate of drug-likeness (QED) is 0.0661. The number of aliphatic imine (C=N–C) groups is 1. The van der Waals surface area contributed by atoms with Gasteiger partial charge in [-0.25, -0.2) is 4.79 Å². The van der Waals surface area contributed by atoms with Crippen LogP contribution in [0.4, 0.5) is 0 Å². The lowest BCUT2D eigenvalue weighted by Crippen LogP contribution is -2.58. The third kappa shape index (κ3) is 13.2. The molecule has 0 aromatic heterocycles. The summed E-state index contributed by atoms with van der Waals surface area (Å²) >= 11 is 0. The Morgan fingerprint density at radius 1 is 0.857 bits per heavy atom. The fourth-order valence-corrected chi connectivity index (χ4v) is 3.08. The summed E-state index contributed by atoms with van der Waals surface area (Å²) in [5.74, 6) is -5.34. The first kappa shape index (κ1) is 31.6. The van der Waals surface area contributed by atoms with E-state index < -0.39 is 66.2 Å². The molecule has 0 rings (SSSR count). The van der Waals surface area contributed by atoms with Gasteiger partial charge in [0, 0.05) is 6.54 Å². The van der Waals surface area contributed by atoms with Gasteiger partial charge in [-0.15, -0.1) is 0 Å². The molecule has 14 heteroatoms. The standard InChI is InChI=1S/C21H39N7O7/c1-10(2)8-14(20(34)35)27-18(32)13(6-5-7-25-21(23)24)26-19(33)16(11(3)4)28-17(31)12(22)9-15(29)30/h10-14,16H,5-9,22H2,1-4H3,(H,26,33)(H,27,32)(H,28,31)(H,29,30)(H,34,35)(H4,23,24,25). The van der Waals surface area contributed by atoms with Gasteiger partial charge in [0.05, 0.1) is 12.5 Å². The highest BCUT2D eigenvalue weighted by Gasteiger charge is 2.32. The lowest BCUT2D eigenvalue weighted by molar-refractivity contribution is -0.143. The first-order valence-corrected chi connectivity index (χ1v) is 11.3. The SMILES string of the molecule is CC(C)CC(NC(=O)C(CCCN=C(N)N)NC(=O)C(NC(=O)C(N)CC(=O)O)C(C)C)C(=O)O. The van der Waals surface area contributed by atoms with Crippen LogP contribution in [0.15, 0.2) is 4.99 Å². The number of carbonyl (C=O) groups is 5. The second-order valence-corrected chi connectivity index (χ2v) is 8.97. The van der Waals surface area contributed by atoms with Crippen molar-refractivity contribution in [2.24, 2.45) is 34.0 Å². The van der Waals surface area contributed by atoms with Gasteiger partial charge in [0.15, 0.2) is 5.96 Å². The Morgan fingerprint density at radius 2 is 1.43 bits per heavy atom. The van der Waals surface area contributed by atoms with Crippen LogP contribution in [0.5, 0.6) is 0 Å². The minimum Gasteiger partial charge on any atom is -0.481 e. The normalized spacial score (nSPS) is 14.4. The number of carbonyl (C=O) groups excluding carboxylic acids is 3. The van der Waals surface area contributed by atoms with E-state index in [1.165, 1.54) is 0 Å². The second-order valence-electron chi connectivity index (χ2n) is 8.97. The van der Waals surface area contributed by atoms with Gasteiger partial charge in [-0.2, -0.15) is 0 Å². The molecule has 0 aliphatic carbocycles. The Kier molecular flexibility index (Phi) is 14.0. The summed E-state index contributed by atoms with van der Waals surface area (Å²) in [6, 6.07) is -4.79. The van der Waals surface area contributed by atoms with Crippen LogP contribution >= 0.6 is 0 Å². The van der Waals surface area contributed by atoms with E-state index >= 15 is 0 Å². The molecule has 14 nitrogen and oxygen atoms in total. The highest BCUT2D eigenvalue weighted by Crippen LogP contribution is 2.09. The molecule has 0 heterocycles. The zero-order chi connectivity index (χ0) is 27.3. The van der Waals surface area contributed by atoms with E-state index in [9.17, 15) is 29.1 Å². The molecule has 35 heavy (non-hydrogen) atoms. The Bertz CT molecular complexity index is 782. The van der Waals surface area contributed by atoms with E-state index in [-0.39, 0.29) is 31.3 Å². The van der Waals surface area contributed by atoms with Gasteiger partial charge in [-0.3, -0.25) is 24.2 Å².